The van der Waals surface area contributed by atoms with Crippen LogP contribution in [-0.2, 0) is 28.6 Å². The molecule has 0 aromatic rings. The number of carbonyl (C=O) groups excluding carboxylic acids is 3. The number of carbonyl (C=O) groups is 3. The Balaban J connectivity index is 0.000000327. The van der Waals surface area contributed by atoms with Gasteiger partial charge in [0, 0.05) is 6.08 Å². The predicted octanol–water partition coefficient (Wildman–Crippen LogP) is 1.47. The molecule has 120 valence electrons. The minimum atomic E-state index is -0.110. The van der Waals surface area contributed by atoms with Crippen LogP contribution >= 0.6 is 0 Å². The van der Waals surface area contributed by atoms with Gasteiger partial charge in [0.2, 0.25) is 0 Å². The minimum Gasteiger partial charge on any atom is -0.496 e. The lowest BCUT2D eigenvalue weighted by atomic mass is 10.2. The smallest absolute Gasteiger partial charge is 0.184 e. The van der Waals surface area contributed by atoms with Crippen molar-refractivity contribution in [3.8, 4) is 0 Å². The second-order valence-electron chi connectivity index (χ2n) is 4.46. The van der Waals surface area contributed by atoms with Gasteiger partial charge in [-0.1, -0.05) is 20.3 Å². The number of ether oxygens (including phenoxy) is 3. The Labute approximate surface area is 125 Å². The summed E-state index contributed by atoms with van der Waals surface area (Å²) in [6.45, 7) is 7.57. The summed E-state index contributed by atoms with van der Waals surface area (Å²) < 4.78 is 14.6. The molecule has 6 heteroatoms. The lowest BCUT2D eigenvalue weighted by molar-refractivity contribution is -0.138. The van der Waals surface area contributed by atoms with Gasteiger partial charge in [-0.2, -0.15) is 0 Å². The van der Waals surface area contributed by atoms with E-state index in [1.165, 1.54) is 12.5 Å². The quantitative estimate of drug-likeness (QED) is 0.719. The highest BCUT2D eigenvalue weighted by molar-refractivity contribution is 6.01. The minimum absolute atomic E-state index is 0.0188. The Morgan fingerprint density at radius 2 is 1.48 bits per heavy atom. The molecule has 0 spiro atoms. The number of hydrogen-bond acceptors (Lipinski definition) is 6. The van der Waals surface area contributed by atoms with E-state index in [0.29, 0.717) is 19.0 Å². The third-order valence-corrected chi connectivity index (χ3v) is 2.06. The topological polar surface area (TPSA) is 78.9 Å². The second-order valence-corrected chi connectivity index (χ2v) is 4.46. The molecule has 0 amide bonds. The highest BCUT2D eigenvalue weighted by Crippen LogP contribution is 2.03. The van der Waals surface area contributed by atoms with Gasteiger partial charge >= 0.3 is 0 Å². The van der Waals surface area contributed by atoms with E-state index in [9.17, 15) is 14.4 Å². The van der Waals surface area contributed by atoms with Crippen LogP contribution in [0.5, 0.6) is 0 Å². The van der Waals surface area contributed by atoms with Crippen molar-refractivity contribution in [2.24, 2.45) is 0 Å². The zero-order valence-electron chi connectivity index (χ0n) is 13.0. The average Bonchev–Trinajstić information content (AvgIpc) is 2.40. The molecule has 0 bridgehead atoms. The van der Waals surface area contributed by atoms with Crippen LogP contribution in [0.2, 0.25) is 0 Å². The number of ketones is 3. The highest BCUT2D eigenvalue weighted by Gasteiger charge is 2.15. The number of rotatable bonds is 2. The van der Waals surface area contributed by atoms with E-state index in [-0.39, 0.29) is 43.6 Å². The van der Waals surface area contributed by atoms with Crippen molar-refractivity contribution in [1.82, 2.24) is 0 Å². The summed E-state index contributed by atoms with van der Waals surface area (Å²) >= 11 is 0. The summed E-state index contributed by atoms with van der Waals surface area (Å²) in [4.78, 5) is 31.3. The molecule has 0 saturated carbocycles. The lowest BCUT2D eigenvalue weighted by Gasteiger charge is -2.12. The van der Waals surface area contributed by atoms with Gasteiger partial charge in [-0.25, -0.2) is 0 Å². The summed E-state index contributed by atoms with van der Waals surface area (Å²) in [7, 11) is 0. The first-order chi connectivity index (χ1) is 10.0. The van der Waals surface area contributed by atoms with Crippen molar-refractivity contribution >= 4 is 17.3 Å². The van der Waals surface area contributed by atoms with Crippen LogP contribution < -0.4 is 0 Å². The van der Waals surface area contributed by atoms with E-state index >= 15 is 0 Å². The van der Waals surface area contributed by atoms with Crippen LogP contribution in [-0.4, -0.2) is 50.4 Å². The van der Waals surface area contributed by atoms with E-state index in [2.05, 4.69) is 18.6 Å². The molecule has 2 heterocycles. The van der Waals surface area contributed by atoms with Gasteiger partial charge in [-0.3, -0.25) is 14.4 Å². The third kappa shape index (κ3) is 10.9. The second kappa shape index (κ2) is 12.2. The van der Waals surface area contributed by atoms with Crippen LogP contribution in [0.1, 0.15) is 33.6 Å². The van der Waals surface area contributed by atoms with Crippen molar-refractivity contribution in [2.75, 3.05) is 33.0 Å². The Bertz CT molecular complexity index is 358. The van der Waals surface area contributed by atoms with E-state index in [4.69, 9.17) is 9.47 Å². The Morgan fingerprint density at radius 1 is 0.952 bits per heavy atom. The van der Waals surface area contributed by atoms with E-state index in [0.717, 1.165) is 0 Å². The van der Waals surface area contributed by atoms with Gasteiger partial charge < -0.3 is 14.2 Å². The van der Waals surface area contributed by atoms with Crippen LogP contribution in [0.3, 0.4) is 0 Å². The number of Topliss-reactive ketones (excluding diaryl/α,β-unsaturated/α-hetero) is 2. The van der Waals surface area contributed by atoms with Crippen molar-refractivity contribution in [3.63, 3.8) is 0 Å². The SMILES string of the molecule is CCC.CCOC1=CC(=O)COC1.O=C1COCC(=O)C1. The molecule has 1 saturated heterocycles. The maximum absolute atomic E-state index is 10.7. The van der Waals surface area contributed by atoms with Gasteiger partial charge in [0.05, 0.1) is 13.0 Å². The monoisotopic (exact) mass is 300 g/mol. The van der Waals surface area contributed by atoms with Gasteiger partial charge in [0.25, 0.3) is 0 Å². The molecule has 1 fully saturated rings. The molecule has 2 rings (SSSR count). The molecule has 0 aliphatic carbocycles. The maximum atomic E-state index is 10.7. The fourth-order valence-corrected chi connectivity index (χ4v) is 1.38. The molecule has 2 aliphatic heterocycles. The summed E-state index contributed by atoms with van der Waals surface area (Å²) in [5.74, 6) is 0.399. The van der Waals surface area contributed by atoms with Crippen LogP contribution in [0, 0.1) is 0 Å². The Morgan fingerprint density at radius 3 is 1.86 bits per heavy atom. The molecule has 0 aromatic heterocycles. The Kier molecular flexibility index (Phi) is 11.3. The molecular weight excluding hydrogens is 276 g/mol. The van der Waals surface area contributed by atoms with Crippen LogP contribution in [0.15, 0.2) is 11.8 Å². The standard InChI is InChI=1S/C7H10O3.C5H6O3.C3H8/c1-2-10-7-3-6(8)4-9-5-7;6-4-1-5(7)3-8-2-4;1-3-2/h3H,2,4-5H2,1H3;1-3H2;3H2,1-2H3. The summed E-state index contributed by atoms with van der Waals surface area (Å²) in [5, 5.41) is 0. The van der Waals surface area contributed by atoms with Gasteiger partial charge in [0.1, 0.15) is 32.2 Å². The van der Waals surface area contributed by atoms with E-state index < -0.39 is 0 Å². The molecule has 0 unspecified atom stereocenters. The normalized spacial score (nSPS) is 17.9. The fraction of sp³-hybridized carbons (Fsp3) is 0.667. The van der Waals surface area contributed by atoms with Crippen molar-refractivity contribution < 1.29 is 28.6 Å². The number of hydrogen-bond donors (Lipinski definition) is 0. The first-order valence-corrected chi connectivity index (χ1v) is 7.08. The average molecular weight is 300 g/mol. The van der Waals surface area contributed by atoms with Crippen LogP contribution in [0.4, 0.5) is 0 Å². The molecule has 0 atom stereocenters. The zero-order chi connectivity index (χ0) is 16.1. The molecule has 0 radical (unpaired) electrons. The van der Waals surface area contributed by atoms with Gasteiger partial charge in [0.15, 0.2) is 17.3 Å². The van der Waals surface area contributed by atoms with Crippen molar-refractivity contribution in [1.29, 1.82) is 0 Å². The van der Waals surface area contributed by atoms with Crippen LogP contribution in [0.25, 0.3) is 0 Å². The summed E-state index contributed by atoms with van der Waals surface area (Å²) in [5.41, 5.74) is 0. The summed E-state index contributed by atoms with van der Waals surface area (Å²) in [6, 6.07) is 0. The third-order valence-electron chi connectivity index (χ3n) is 2.06. The van der Waals surface area contributed by atoms with E-state index in [1.807, 2.05) is 6.92 Å². The molecule has 0 N–H and O–H groups in total. The molecule has 6 nitrogen and oxygen atoms in total. The molecule has 2 aliphatic rings. The summed E-state index contributed by atoms with van der Waals surface area (Å²) in [6.07, 6.45) is 2.81. The zero-order valence-corrected chi connectivity index (χ0v) is 13.0. The largest absolute Gasteiger partial charge is 0.496 e. The van der Waals surface area contributed by atoms with Crippen molar-refractivity contribution in [3.05, 3.63) is 11.8 Å². The first-order valence-electron chi connectivity index (χ1n) is 7.08. The maximum Gasteiger partial charge on any atom is 0.184 e. The van der Waals surface area contributed by atoms with Crippen molar-refractivity contribution in [2.45, 2.75) is 33.6 Å². The first kappa shape index (κ1) is 19.5. The van der Waals surface area contributed by atoms with Gasteiger partial charge in [-0.05, 0) is 6.92 Å². The van der Waals surface area contributed by atoms with E-state index in [1.54, 1.807) is 0 Å². The Hall–Kier alpha value is -1.53. The highest BCUT2D eigenvalue weighted by atomic mass is 16.5. The molecular formula is C15H24O6. The fourth-order valence-electron chi connectivity index (χ4n) is 1.38. The predicted molar refractivity (Wildman–Crippen MR) is 77.0 cm³/mol. The lowest BCUT2D eigenvalue weighted by Crippen LogP contribution is -2.24. The molecule has 21 heavy (non-hydrogen) atoms. The van der Waals surface area contributed by atoms with Gasteiger partial charge in [-0.15, -0.1) is 0 Å². The molecule has 0 aromatic carbocycles.